The van der Waals surface area contributed by atoms with E-state index in [-0.39, 0.29) is 0 Å². The van der Waals surface area contributed by atoms with Crippen LogP contribution in [0.3, 0.4) is 0 Å². The molecule has 18 heavy (non-hydrogen) atoms. The Balaban J connectivity index is 2.34. The van der Waals surface area contributed by atoms with Crippen molar-refractivity contribution in [3.05, 3.63) is 63.1 Å². The fourth-order valence-electron chi connectivity index (χ4n) is 2.71. The van der Waals surface area contributed by atoms with E-state index in [0.717, 1.165) is 6.42 Å². The van der Waals surface area contributed by atoms with Crippen molar-refractivity contribution in [2.75, 3.05) is 0 Å². The molecule has 0 saturated heterocycles. The van der Waals surface area contributed by atoms with Gasteiger partial charge in [-0.15, -0.1) is 0 Å². The molecule has 0 fully saturated rings. The Morgan fingerprint density at radius 2 is 1.89 bits per heavy atom. The maximum Gasteiger partial charge on any atom is 0.0216 e. The summed E-state index contributed by atoms with van der Waals surface area (Å²) in [6.07, 6.45) is 5.52. The van der Waals surface area contributed by atoms with Gasteiger partial charge in [-0.2, -0.15) is 0 Å². The van der Waals surface area contributed by atoms with Crippen LogP contribution in [-0.4, -0.2) is 0 Å². The summed E-state index contributed by atoms with van der Waals surface area (Å²) in [7, 11) is 0. The standard InChI is InChI=1S/C17H15Br/c1-11-6-3-4-8-14(11)17-12(2)16(18)10-13-7-5-9-15(13)17/h3-8,10H,9H2,1-2H3. The summed E-state index contributed by atoms with van der Waals surface area (Å²) in [5.74, 6) is 0. The largest absolute Gasteiger partial charge is 0.0795 e. The van der Waals surface area contributed by atoms with Crippen LogP contribution in [-0.2, 0) is 6.42 Å². The third kappa shape index (κ3) is 1.74. The van der Waals surface area contributed by atoms with E-state index in [0.29, 0.717) is 0 Å². The predicted octanol–water partition coefficient (Wildman–Crippen LogP) is 5.30. The first kappa shape index (κ1) is 11.7. The topological polar surface area (TPSA) is 0 Å². The number of fused-ring (bicyclic) bond motifs is 1. The van der Waals surface area contributed by atoms with Gasteiger partial charge in [0.15, 0.2) is 0 Å². The second-order valence-electron chi connectivity index (χ2n) is 4.85. The van der Waals surface area contributed by atoms with Crippen molar-refractivity contribution in [2.24, 2.45) is 0 Å². The molecular weight excluding hydrogens is 284 g/mol. The third-order valence-electron chi connectivity index (χ3n) is 3.70. The molecule has 2 aromatic rings. The minimum Gasteiger partial charge on any atom is -0.0795 e. The van der Waals surface area contributed by atoms with E-state index in [9.17, 15) is 0 Å². The van der Waals surface area contributed by atoms with Crippen molar-refractivity contribution in [1.29, 1.82) is 0 Å². The predicted molar refractivity (Wildman–Crippen MR) is 81.8 cm³/mol. The van der Waals surface area contributed by atoms with E-state index in [2.05, 4.69) is 72.3 Å². The Kier molecular flexibility index (Phi) is 2.87. The van der Waals surface area contributed by atoms with Crippen LogP contribution >= 0.6 is 15.9 Å². The summed E-state index contributed by atoms with van der Waals surface area (Å²) >= 11 is 3.69. The highest BCUT2D eigenvalue weighted by Gasteiger charge is 2.17. The Morgan fingerprint density at radius 3 is 2.67 bits per heavy atom. The summed E-state index contributed by atoms with van der Waals surface area (Å²) in [5, 5.41) is 0. The number of benzene rings is 2. The van der Waals surface area contributed by atoms with Gasteiger partial charge in [0.05, 0.1) is 0 Å². The van der Waals surface area contributed by atoms with Gasteiger partial charge in [-0.1, -0.05) is 52.3 Å². The number of aryl methyl sites for hydroxylation is 1. The molecule has 0 saturated carbocycles. The first-order valence-electron chi connectivity index (χ1n) is 6.23. The molecule has 90 valence electrons. The highest BCUT2D eigenvalue weighted by atomic mass is 79.9. The molecule has 0 nitrogen and oxygen atoms in total. The number of rotatable bonds is 1. The van der Waals surface area contributed by atoms with Crippen LogP contribution in [0.4, 0.5) is 0 Å². The molecule has 0 spiro atoms. The highest BCUT2D eigenvalue weighted by Crippen LogP contribution is 2.39. The fourth-order valence-corrected chi connectivity index (χ4v) is 3.16. The second kappa shape index (κ2) is 4.40. The lowest BCUT2D eigenvalue weighted by molar-refractivity contribution is 1.26. The van der Waals surface area contributed by atoms with Crippen molar-refractivity contribution >= 4 is 22.0 Å². The van der Waals surface area contributed by atoms with Crippen LogP contribution in [0.25, 0.3) is 17.2 Å². The van der Waals surface area contributed by atoms with Gasteiger partial charge in [-0.05, 0) is 59.7 Å². The molecule has 0 unspecified atom stereocenters. The molecular formula is C17H15Br. The lowest BCUT2D eigenvalue weighted by Gasteiger charge is -2.16. The van der Waals surface area contributed by atoms with E-state index in [1.807, 2.05) is 0 Å². The Labute approximate surface area is 116 Å². The Bertz CT molecular complexity index is 651. The van der Waals surface area contributed by atoms with Gasteiger partial charge >= 0.3 is 0 Å². The summed E-state index contributed by atoms with van der Waals surface area (Å²) < 4.78 is 1.20. The van der Waals surface area contributed by atoms with Crippen molar-refractivity contribution in [3.63, 3.8) is 0 Å². The van der Waals surface area contributed by atoms with Crippen molar-refractivity contribution in [3.8, 4) is 11.1 Å². The van der Waals surface area contributed by atoms with E-state index in [1.54, 1.807) is 0 Å². The molecule has 1 aliphatic carbocycles. The van der Waals surface area contributed by atoms with Gasteiger partial charge in [0.2, 0.25) is 0 Å². The van der Waals surface area contributed by atoms with Crippen LogP contribution in [0.1, 0.15) is 22.3 Å². The maximum atomic E-state index is 3.69. The molecule has 0 radical (unpaired) electrons. The van der Waals surface area contributed by atoms with Crippen molar-refractivity contribution in [1.82, 2.24) is 0 Å². The van der Waals surface area contributed by atoms with Crippen LogP contribution in [0.15, 0.2) is 40.9 Å². The van der Waals surface area contributed by atoms with Crippen molar-refractivity contribution in [2.45, 2.75) is 20.3 Å². The molecule has 0 amide bonds. The zero-order valence-corrected chi connectivity index (χ0v) is 12.2. The molecule has 0 bridgehead atoms. The zero-order valence-electron chi connectivity index (χ0n) is 10.6. The normalized spacial score (nSPS) is 12.8. The zero-order chi connectivity index (χ0) is 12.7. The summed E-state index contributed by atoms with van der Waals surface area (Å²) in [6.45, 7) is 4.38. The lowest BCUT2D eigenvalue weighted by Crippen LogP contribution is -1.95. The molecule has 1 heteroatoms. The first-order valence-corrected chi connectivity index (χ1v) is 7.02. The van der Waals surface area contributed by atoms with Crippen molar-refractivity contribution < 1.29 is 0 Å². The van der Waals surface area contributed by atoms with E-state index in [4.69, 9.17) is 0 Å². The van der Waals surface area contributed by atoms with E-state index < -0.39 is 0 Å². The smallest absolute Gasteiger partial charge is 0.0216 e. The van der Waals surface area contributed by atoms with Gasteiger partial charge in [0, 0.05) is 4.47 Å². The van der Waals surface area contributed by atoms with Gasteiger partial charge in [-0.3, -0.25) is 0 Å². The number of allylic oxidation sites excluding steroid dienone is 1. The minimum atomic E-state index is 1.05. The SMILES string of the molecule is Cc1ccccc1-c1c(C)c(Br)cc2c1CC=C2. The average molecular weight is 299 g/mol. The molecule has 0 heterocycles. The van der Waals surface area contributed by atoms with Crippen LogP contribution < -0.4 is 0 Å². The summed E-state index contributed by atoms with van der Waals surface area (Å²) in [6, 6.07) is 10.9. The van der Waals surface area contributed by atoms with Crippen LogP contribution in [0.5, 0.6) is 0 Å². The van der Waals surface area contributed by atoms with E-state index in [1.165, 1.54) is 37.9 Å². The molecule has 0 N–H and O–H groups in total. The Morgan fingerprint density at radius 1 is 1.11 bits per heavy atom. The molecule has 3 rings (SSSR count). The minimum absolute atomic E-state index is 1.05. The average Bonchev–Trinajstić information content (AvgIpc) is 2.80. The summed E-state index contributed by atoms with van der Waals surface area (Å²) in [5.41, 5.74) is 8.26. The summed E-state index contributed by atoms with van der Waals surface area (Å²) in [4.78, 5) is 0. The van der Waals surface area contributed by atoms with Gasteiger partial charge in [0.1, 0.15) is 0 Å². The molecule has 0 aliphatic heterocycles. The molecule has 1 aliphatic rings. The molecule has 0 aromatic heterocycles. The monoisotopic (exact) mass is 298 g/mol. The number of halogens is 1. The third-order valence-corrected chi connectivity index (χ3v) is 4.52. The van der Waals surface area contributed by atoms with Gasteiger partial charge in [-0.25, -0.2) is 0 Å². The number of hydrogen-bond acceptors (Lipinski definition) is 0. The van der Waals surface area contributed by atoms with Crippen LogP contribution in [0, 0.1) is 13.8 Å². The fraction of sp³-hybridized carbons (Fsp3) is 0.176. The molecule has 2 aromatic carbocycles. The quantitative estimate of drug-likeness (QED) is 0.670. The van der Waals surface area contributed by atoms with E-state index >= 15 is 0 Å². The molecule has 0 atom stereocenters. The lowest BCUT2D eigenvalue weighted by atomic mass is 9.90. The number of hydrogen-bond donors (Lipinski definition) is 0. The van der Waals surface area contributed by atoms with Crippen LogP contribution in [0.2, 0.25) is 0 Å². The maximum absolute atomic E-state index is 3.69. The Hall–Kier alpha value is -1.34. The first-order chi connectivity index (χ1) is 8.68. The van der Waals surface area contributed by atoms with Gasteiger partial charge in [0.25, 0.3) is 0 Å². The highest BCUT2D eigenvalue weighted by molar-refractivity contribution is 9.10. The van der Waals surface area contributed by atoms with Gasteiger partial charge < -0.3 is 0 Å². The second-order valence-corrected chi connectivity index (χ2v) is 5.70.